The van der Waals surface area contributed by atoms with Crippen LogP contribution in [0.1, 0.15) is 16.9 Å². The van der Waals surface area contributed by atoms with E-state index in [9.17, 15) is 5.11 Å². The topological polar surface area (TPSA) is 58.1 Å². The highest BCUT2D eigenvalue weighted by Gasteiger charge is 2.13. The van der Waals surface area contributed by atoms with Gasteiger partial charge in [-0.3, -0.25) is 4.99 Å². The van der Waals surface area contributed by atoms with Crippen molar-refractivity contribution in [1.29, 1.82) is 0 Å². The second kappa shape index (κ2) is 8.71. The van der Waals surface area contributed by atoms with Gasteiger partial charge < -0.3 is 9.52 Å². The van der Waals surface area contributed by atoms with Gasteiger partial charge in [0, 0.05) is 15.6 Å². The normalized spacial score (nSPS) is 11.8. The molecule has 0 bridgehead atoms. The van der Waals surface area contributed by atoms with Crippen LogP contribution in [-0.4, -0.2) is 17.0 Å². The Bertz CT molecular complexity index is 1170. The molecule has 3 aromatic carbocycles. The Kier molecular flexibility index (Phi) is 5.68. The van der Waals surface area contributed by atoms with E-state index >= 15 is 0 Å². The molecule has 0 radical (unpaired) electrons. The molecular formula is C24H17BrN2O2. The highest BCUT2D eigenvalue weighted by Crippen LogP contribution is 2.31. The van der Waals surface area contributed by atoms with Crippen molar-refractivity contribution in [2.45, 2.75) is 0 Å². The van der Waals surface area contributed by atoms with E-state index in [1.54, 1.807) is 24.6 Å². The van der Waals surface area contributed by atoms with E-state index in [4.69, 9.17) is 9.41 Å². The van der Waals surface area contributed by atoms with Gasteiger partial charge in [0.05, 0.1) is 29.6 Å². The third-order valence-electron chi connectivity index (χ3n) is 4.25. The number of nitrogens with zero attached hydrogens (tertiary/aromatic N) is 2. The molecule has 4 aromatic rings. The minimum Gasteiger partial charge on any atom is -0.507 e. The fourth-order valence-corrected chi connectivity index (χ4v) is 3.22. The molecule has 1 N–H and O–H groups in total. The SMILES string of the molecule is Oc1ccc(Br)cc1C(=Nc1ccccc1N=Cc1ccco1)c1ccccc1. The molecule has 0 saturated heterocycles. The Morgan fingerprint density at radius 1 is 0.862 bits per heavy atom. The molecule has 1 aromatic heterocycles. The number of hydrogen-bond acceptors (Lipinski definition) is 4. The maximum Gasteiger partial charge on any atom is 0.144 e. The first-order valence-electron chi connectivity index (χ1n) is 9.00. The van der Waals surface area contributed by atoms with Crippen molar-refractivity contribution in [3.63, 3.8) is 0 Å². The van der Waals surface area contributed by atoms with Crippen LogP contribution in [0.25, 0.3) is 0 Å². The van der Waals surface area contributed by atoms with Gasteiger partial charge in [0.25, 0.3) is 0 Å². The van der Waals surface area contributed by atoms with Crippen molar-refractivity contribution in [2.75, 3.05) is 0 Å². The molecule has 0 unspecified atom stereocenters. The first-order chi connectivity index (χ1) is 14.2. The van der Waals surface area contributed by atoms with Gasteiger partial charge in [-0.1, -0.05) is 58.4 Å². The molecule has 4 rings (SSSR count). The zero-order valence-corrected chi connectivity index (χ0v) is 17.0. The number of phenols is 1. The molecule has 142 valence electrons. The van der Waals surface area contributed by atoms with Crippen LogP contribution in [0.5, 0.6) is 5.75 Å². The number of benzene rings is 3. The van der Waals surface area contributed by atoms with Crippen molar-refractivity contribution in [3.8, 4) is 5.75 Å². The Morgan fingerprint density at radius 2 is 1.62 bits per heavy atom. The molecule has 0 aliphatic rings. The Morgan fingerprint density at radius 3 is 2.38 bits per heavy atom. The number of furan rings is 1. The van der Waals surface area contributed by atoms with E-state index in [-0.39, 0.29) is 5.75 Å². The molecule has 0 fully saturated rings. The Balaban J connectivity index is 1.85. The van der Waals surface area contributed by atoms with Crippen molar-refractivity contribution in [3.05, 3.63) is 113 Å². The predicted molar refractivity (Wildman–Crippen MR) is 120 cm³/mol. The third kappa shape index (κ3) is 4.52. The Hall–Kier alpha value is -3.44. The first kappa shape index (κ1) is 18.9. The molecule has 29 heavy (non-hydrogen) atoms. The van der Waals surface area contributed by atoms with Crippen molar-refractivity contribution in [2.24, 2.45) is 9.98 Å². The van der Waals surface area contributed by atoms with Crippen molar-refractivity contribution in [1.82, 2.24) is 0 Å². The van der Waals surface area contributed by atoms with Gasteiger partial charge in [0.1, 0.15) is 11.5 Å². The molecule has 1 heterocycles. The zero-order chi connectivity index (χ0) is 20.1. The van der Waals surface area contributed by atoms with Crippen molar-refractivity contribution >= 4 is 39.2 Å². The van der Waals surface area contributed by atoms with Crippen LogP contribution in [-0.2, 0) is 0 Å². The lowest BCUT2D eigenvalue weighted by Gasteiger charge is -2.11. The minimum absolute atomic E-state index is 0.160. The summed E-state index contributed by atoms with van der Waals surface area (Å²) >= 11 is 3.48. The standard InChI is InChI=1S/C24H17BrN2O2/c25-18-12-13-23(28)20(15-18)24(17-7-2-1-3-8-17)27-22-11-5-4-10-21(22)26-16-19-9-6-14-29-19/h1-16,28H. The summed E-state index contributed by atoms with van der Waals surface area (Å²) in [5, 5.41) is 10.5. The zero-order valence-electron chi connectivity index (χ0n) is 15.4. The number of para-hydroxylation sites is 2. The second-order valence-corrected chi connectivity index (χ2v) is 7.17. The summed E-state index contributed by atoms with van der Waals surface area (Å²) in [6.45, 7) is 0. The maximum atomic E-state index is 10.5. The van der Waals surface area contributed by atoms with E-state index in [0.29, 0.717) is 28.4 Å². The van der Waals surface area contributed by atoms with Gasteiger partial charge in [0.15, 0.2) is 0 Å². The van der Waals surface area contributed by atoms with Crippen LogP contribution >= 0.6 is 15.9 Å². The van der Waals surface area contributed by atoms with E-state index in [2.05, 4.69) is 20.9 Å². The largest absolute Gasteiger partial charge is 0.507 e. The quantitative estimate of drug-likeness (QED) is 0.349. The molecule has 4 nitrogen and oxygen atoms in total. The summed E-state index contributed by atoms with van der Waals surface area (Å²) in [6, 6.07) is 26.3. The summed E-state index contributed by atoms with van der Waals surface area (Å²) in [7, 11) is 0. The average molecular weight is 445 g/mol. The smallest absolute Gasteiger partial charge is 0.144 e. The summed E-state index contributed by atoms with van der Waals surface area (Å²) < 4.78 is 6.18. The average Bonchev–Trinajstić information content (AvgIpc) is 3.27. The number of halogens is 1. The maximum absolute atomic E-state index is 10.5. The molecule has 0 amide bonds. The number of rotatable bonds is 5. The molecule has 0 aliphatic carbocycles. The predicted octanol–water partition coefficient (Wildman–Crippen LogP) is 6.67. The minimum atomic E-state index is 0.160. The molecule has 0 aliphatic heterocycles. The van der Waals surface area contributed by atoms with Crippen LogP contribution in [0.2, 0.25) is 0 Å². The number of phenolic OH excluding ortho intramolecular Hbond substituents is 1. The van der Waals surface area contributed by atoms with Crippen LogP contribution in [0.3, 0.4) is 0 Å². The second-order valence-electron chi connectivity index (χ2n) is 6.25. The lowest BCUT2D eigenvalue weighted by atomic mass is 10.0. The number of aromatic hydroxyl groups is 1. The molecular weight excluding hydrogens is 428 g/mol. The van der Waals surface area contributed by atoms with Gasteiger partial charge in [-0.2, -0.15) is 0 Å². The van der Waals surface area contributed by atoms with Gasteiger partial charge in [-0.25, -0.2) is 4.99 Å². The summed E-state index contributed by atoms with van der Waals surface area (Å²) in [5.41, 5.74) is 3.58. The summed E-state index contributed by atoms with van der Waals surface area (Å²) in [6.07, 6.45) is 3.27. The fourth-order valence-electron chi connectivity index (χ4n) is 2.86. The Labute approximate surface area is 177 Å². The highest BCUT2D eigenvalue weighted by molar-refractivity contribution is 9.10. The molecule has 0 saturated carbocycles. The van der Waals surface area contributed by atoms with Gasteiger partial charge in [0.2, 0.25) is 0 Å². The number of hydrogen-bond donors (Lipinski definition) is 1. The third-order valence-corrected chi connectivity index (χ3v) is 4.74. The monoisotopic (exact) mass is 444 g/mol. The van der Waals surface area contributed by atoms with Gasteiger partial charge in [-0.15, -0.1) is 0 Å². The van der Waals surface area contributed by atoms with Crippen LogP contribution in [0.4, 0.5) is 11.4 Å². The van der Waals surface area contributed by atoms with E-state index in [1.807, 2.05) is 72.8 Å². The van der Waals surface area contributed by atoms with E-state index < -0.39 is 0 Å². The van der Waals surface area contributed by atoms with E-state index in [1.165, 1.54) is 0 Å². The number of aliphatic imine (C=N–C) groups is 2. The lowest BCUT2D eigenvalue weighted by molar-refractivity contribution is 0.474. The summed E-state index contributed by atoms with van der Waals surface area (Å²) in [4.78, 5) is 9.42. The van der Waals surface area contributed by atoms with Crippen LogP contribution in [0, 0.1) is 0 Å². The van der Waals surface area contributed by atoms with Gasteiger partial charge in [-0.05, 0) is 42.5 Å². The fraction of sp³-hybridized carbons (Fsp3) is 0. The van der Waals surface area contributed by atoms with Crippen LogP contribution in [0.15, 0.2) is 110 Å². The lowest BCUT2D eigenvalue weighted by Crippen LogP contribution is -2.03. The van der Waals surface area contributed by atoms with E-state index in [0.717, 1.165) is 10.0 Å². The van der Waals surface area contributed by atoms with Crippen LogP contribution < -0.4 is 0 Å². The van der Waals surface area contributed by atoms with Gasteiger partial charge >= 0.3 is 0 Å². The molecule has 5 heteroatoms. The highest BCUT2D eigenvalue weighted by atomic mass is 79.9. The molecule has 0 spiro atoms. The first-order valence-corrected chi connectivity index (χ1v) is 9.79. The summed E-state index contributed by atoms with van der Waals surface area (Å²) in [5.74, 6) is 0.823. The van der Waals surface area contributed by atoms with Crippen molar-refractivity contribution < 1.29 is 9.52 Å². The molecule has 0 atom stereocenters.